The van der Waals surface area contributed by atoms with Crippen LogP contribution in [0.3, 0.4) is 0 Å². The summed E-state index contributed by atoms with van der Waals surface area (Å²) < 4.78 is 0. The summed E-state index contributed by atoms with van der Waals surface area (Å²) in [6.07, 6.45) is 0. The van der Waals surface area contributed by atoms with Crippen molar-refractivity contribution in [3.05, 3.63) is 0 Å². The zero-order chi connectivity index (χ0) is 6.73. The number of nitrogens with two attached hydrogens (primary N) is 1. The van der Waals surface area contributed by atoms with E-state index in [4.69, 9.17) is 5.73 Å². The fourth-order valence-electron chi connectivity index (χ4n) is 0.272. The molecule has 0 unspecified atom stereocenters. The van der Waals surface area contributed by atoms with Gasteiger partial charge in [0, 0.05) is 6.04 Å². The quantitative estimate of drug-likeness (QED) is 0.410. The fraction of sp³-hybridized carbons (Fsp3) is 0.800. The Hall–Kier alpha value is 1.07. The number of carbonyl (C=O) groups is 1. The molecule has 0 aromatic carbocycles. The summed E-state index contributed by atoms with van der Waals surface area (Å²) in [5, 5.41) is 9.90. The van der Waals surface area contributed by atoms with Crippen molar-refractivity contribution in [3.63, 3.8) is 0 Å². The van der Waals surface area contributed by atoms with Gasteiger partial charge in [-0.2, -0.15) is 0 Å². The van der Waals surface area contributed by atoms with Crippen molar-refractivity contribution in [2.75, 3.05) is 0 Å². The van der Waals surface area contributed by atoms with E-state index in [1.807, 2.05) is 0 Å². The van der Waals surface area contributed by atoms with Gasteiger partial charge >= 0.3 is 51.4 Å². The Kier molecular flexibility index (Phi) is 8.23. The van der Waals surface area contributed by atoms with E-state index < -0.39 is 12.0 Å². The molecule has 9 heavy (non-hydrogen) atoms. The van der Waals surface area contributed by atoms with Crippen LogP contribution in [0.2, 0.25) is 0 Å². The molecule has 0 fully saturated rings. The van der Waals surface area contributed by atoms with Gasteiger partial charge in [-0.05, 0) is 5.92 Å². The Morgan fingerprint density at radius 2 is 1.89 bits per heavy atom. The number of carboxylic acids is 1. The number of hydrogen-bond donors (Lipinski definition) is 1. The minimum absolute atomic E-state index is 0. The van der Waals surface area contributed by atoms with Gasteiger partial charge in [0.2, 0.25) is 0 Å². The summed E-state index contributed by atoms with van der Waals surface area (Å²) in [4.78, 5) is 9.90. The zero-order valence-corrected chi connectivity index (χ0v) is 9.17. The van der Waals surface area contributed by atoms with E-state index in [2.05, 4.69) is 0 Å². The third kappa shape index (κ3) is 5.51. The van der Waals surface area contributed by atoms with Crippen molar-refractivity contribution in [2.45, 2.75) is 19.9 Å². The van der Waals surface area contributed by atoms with Crippen LogP contribution in [0.4, 0.5) is 0 Å². The second-order valence-electron chi connectivity index (χ2n) is 2.09. The van der Waals surface area contributed by atoms with Crippen molar-refractivity contribution in [2.24, 2.45) is 11.7 Å². The topological polar surface area (TPSA) is 66.2 Å². The van der Waals surface area contributed by atoms with Crippen LogP contribution in [0.25, 0.3) is 0 Å². The minimum Gasteiger partial charge on any atom is -0.548 e. The SMILES string of the molecule is CC(C)[C@H](N)C(=O)[O-].[K+]. The second kappa shape index (κ2) is 5.82. The molecule has 0 spiro atoms. The van der Waals surface area contributed by atoms with Gasteiger partial charge in [0.25, 0.3) is 0 Å². The van der Waals surface area contributed by atoms with E-state index >= 15 is 0 Å². The fourth-order valence-corrected chi connectivity index (χ4v) is 0.272. The van der Waals surface area contributed by atoms with Crippen LogP contribution >= 0.6 is 0 Å². The first-order valence-corrected chi connectivity index (χ1v) is 2.52. The van der Waals surface area contributed by atoms with Gasteiger partial charge in [-0.15, -0.1) is 0 Å². The molecule has 0 aromatic rings. The standard InChI is InChI=1S/C5H11NO2.K/c1-3(2)4(6)5(7)8;/h3-4H,6H2,1-2H3,(H,7,8);/q;+1/p-1/t4-;/m0./s1. The van der Waals surface area contributed by atoms with Crippen LogP contribution in [0.5, 0.6) is 0 Å². The molecule has 4 heteroatoms. The van der Waals surface area contributed by atoms with E-state index in [0.717, 1.165) is 0 Å². The van der Waals surface area contributed by atoms with Crippen molar-refractivity contribution in [1.82, 2.24) is 0 Å². The Labute approximate surface area is 97.4 Å². The average Bonchev–Trinajstić information content (AvgIpc) is 1.64. The number of hydrogen-bond acceptors (Lipinski definition) is 3. The van der Waals surface area contributed by atoms with Crippen LogP contribution in [0.1, 0.15) is 13.8 Å². The Morgan fingerprint density at radius 1 is 1.56 bits per heavy atom. The summed E-state index contributed by atoms with van der Waals surface area (Å²) in [7, 11) is 0. The smallest absolute Gasteiger partial charge is 0.548 e. The maximum Gasteiger partial charge on any atom is 1.00 e. The third-order valence-corrected chi connectivity index (χ3v) is 0.990. The predicted octanol–water partition coefficient (Wildman–Crippen LogP) is -4.28. The molecule has 0 rings (SSSR count). The first-order chi connectivity index (χ1) is 3.55. The van der Waals surface area contributed by atoms with Gasteiger partial charge in [0.1, 0.15) is 0 Å². The monoisotopic (exact) mass is 155 g/mol. The molecule has 1 atom stereocenters. The van der Waals surface area contributed by atoms with Gasteiger partial charge in [-0.25, -0.2) is 0 Å². The second-order valence-corrected chi connectivity index (χ2v) is 2.09. The van der Waals surface area contributed by atoms with E-state index in [1.165, 1.54) is 0 Å². The molecule has 0 saturated heterocycles. The molecule has 0 aromatic heterocycles. The van der Waals surface area contributed by atoms with E-state index in [-0.39, 0.29) is 57.3 Å². The van der Waals surface area contributed by atoms with Gasteiger partial charge in [0.15, 0.2) is 0 Å². The molecule has 0 aliphatic rings. The van der Waals surface area contributed by atoms with Crippen molar-refractivity contribution in [3.8, 4) is 0 Å². The number of aliphatic carboxylic acids is 1. The number of rotatable bonds is 2. The molecule has 0 aliphatic heterocycles. The molecule has 0 bridgehead atoms. The Morgan fingerprint density at radius 3 is 1.89 bits per heavy atom. The average molecular weight is 155 g/mol. The van der Waals surface area contributed by atoms with E-state index in [9.17, 15) is 9.90 Å². The molecule has 3 nitrogen and oxygen atoms in total. The van der Waals surface area contributed by atoms with Crippen molar-refractivity contribution in [1.29, 1.82) is 0 Å². The molecule has 0 amide bonds. The summed E-state index contributed by atoms with van der Waals surface area (Å²) >= 11 is 0. The van der Waals surface area contributed by atoms with Crippen LogP contribution in [-0.2, 0) is 4.79 Å². The van der Waals surface area contributed by atoms with Gasteiger partial charge < -0.3 is 15.6 Å². The van der Waals surface area contributed by atoms with E-state index in [1.54, 1.807) is 13.8 Å². The predicted molar refractivity (Wildman–Crippen MR) is 27.8 cm³/mol. The van der Waals surface area contributed by atoms with Crippen LogP contribution < -0.4 is 62.2 Å². The zero-order valence-electron chi connectivity index (χ0n) is 6.05. The third-order valence-electron chi connectivity index (χ3n) is 0.990. The normalized spacial score (nSPS) is 12.4. The molecular weight excluding hydrogens is 145 g/mol. The van der Waals surface area contributed by atoms with Gasteiger partial charge in [-0.1, -0.05) is 13.8 Å². The molecule has 2 N–H and O–H groups in total. The Bertz CT molecular complexity index is 95.0. The molecule has 0 aliphatic carbocycles. The maximum absolute atomic E-state index is 9.90. The molecule has 0 heterocycles. The molecule has 0 saturated carbocycles. The van der Waals surface area contributed by atoms with Crippen molar-refractivity contribution >= 4 is 5.97 Å². The van der Waals surface area contributed by atoms with Gasteiger partial charge in [-0.3, -0.25) is 0 Å². The van der Waals surface area contributed by atoms with Crippen LogP contribution in [0, 0.1) is 5.92 Å². The summed E-state index contributed by atoms with van der Waals surface area (Å²) in [6.45, 7) is 3.47. The van der Waals surface area contributed by atoms with Gasteiger partial charge in [0.05, 0.1) is 5.97 Å². The van der Waals surface area contributed by atoms with Crippen LogP contribution in [0.15, 0.2) is 0 Å². The first-order valence-electron chi connectivity index (χ1n) is 2.52. The molecule has 48 valence electrons. The van der Waals surface area contributed by atoms with Crippen molar-refractivity contribution < 1.29 is 61.3 Å². The minimum atomic E-state index is -1.18. The first kappa shape index (κ1) is 12.7. The summed E-state index contributed by atoms with van der Waals surface area (Å²) in [5.74, 6) is -1.22. The molecule has 0 radical (unpaired) electrons. The summed E-state index contributed by atoms with van der Waals surface area (Å²) in [6, 6.07) is -0.824. The number of carboxylic acid groups (broad SMARTS) is 1. The summed E-state index contributed by atoms with van der Waals surface area (Å²) in [5.41, 5.74) is 5.10. The number of carbonyl (C=O) groups excluding carboxylic acids is 1. The maximum atomic E-state index is 9.90. The molecular formula is C5H10KNO2. The largest absolute Gasteiger partial charge is 1.00 e. The Balaban J connectivity index is 0. The van der Waals surface area contributed by atoms with E-state index in [0.29, 0.717) is 0 Å². The van der Waals surface area contributed by atoms with Crippen LogP contribution in [-0.4, -0.2) is 12.0 Å².